The summed E-state index contributed by atoms with van der Waals surface area (Å²) in [6.07, 6.45) is 6.16. The minimum Gasteiger partial charge on any atom is -0.341 e. The lowest BCUT2D eigenvalue weighted by atomic mass is 9.91. The minimum atomic E-state index is -0.0493. The van der Waals surface area contributed by atoms with E-state index in [4.69, 9.17) is 9.97 Å². The first-order chi connectivity index (χ1) is 26.0. The van der Waals surface area contributed by atoms with Gasteiger partial charge in [0.15, 0.2) is 0 Å². The van der Waals surface area contributed by atoms with Gasteiger partial charge in [-0.3, -0.25) is 9.59 Å². The maximum atomic E-state index is 13.3. The van der Waals surface area contributed by atoms with Crippen LogP contribution in [-0.2, 0) is 20.4 Å². The summed E-state index contributed by atoms with van der Waals surface area (Å²) < 4.78 is 0. The van der Waals surface area contributed by atoms with Crippen molar-refractivity contribution in [1.82, 2.24) is 29.7 Å². The zero-order chi connectivity index (χ0) is 37.5. The van der Waals surface area contributed by atoms with Gasteiger partial charge in [-0.1, -0.05) is 71.6 Å². The molecule has 4 heterocycles. The second-order valence-corrected chi connectivity index (χ2v) is 17.5. The third-order valence-electron chi connectivity index (χ3n) is 13.7. The van der Waals surface area contributed by atoms with E-state index in [1.54, 1.807) is 0 Å². The smallest absolute Gasteiger partial charge is 0.225 e. The number of carbonyl (C=O) groups is 2. The molecule has 2 aromatic heterocycles. The van der Waals surface area contributed by atoms with E-state index in [2.05, 4.69) is 128 Å². The molecular weight excluding hydrogens is 669 g/mol. The third kappa shape index (κ3) is 5.74. The third-order valence-corrected chi connectivity index (χ3v) is 13.7. The van der Waals surface area contributed by atoms with Gasteiger partial charge in [0.05, 0.1) is 32.9 Å². The van der Waals surface area contributed by atoms with Crippen LogP contribution in [0.15, 0.2) is 60.7 Å². The number of likely N-dealkylation sites (tertiary alicyclic amines) is 2. The van der Waals surface area contributed by atoms with Gasteiger partial charge >= 0.3 is 0 Å². The van der Waals surface area contributed by atoms with E-state index in [0.717, 1.165) is 108 Å². The molecule has 8 nitrogen and oxygen atoms in total. The SMILES string of the molecule is CC(C)C(C)C(=O)N1CCCC2(c3nc4ccc(C#Cc5ccc(-c6ccc7nc(C89CCCN(C(=O)C(C)C(C)C)C8C9)[nH]c7c6)cc5)cc4[nH]3)CC12. The van der Waals surface area contributed by atoms with Crippen LogP contribution in [0.2, 0.25) is 0 Å². The summed E-state index contributed by atoms with van der Waals surface area (Å²) in [6, 6.07) is 21.6. The molecule has 2 amide bonds. The lowest BCUT2D eigenvalue weighted by molar-refractivity contribution is -0.138. The van der Waals surface area contributed by atoms with Crippen molar-refractivity contribution in [3.8, 4) is 23.0 Å². The maximum Gasteiger partial charge on any atom is 0.225 e. The van der Waals surface area contributed by atoms with Gasteiger partial charge in [0, 0.05) is 48.1 Å². The highest BCUT2D eigenvalue weighted by molar-refractivity contribution is 5.84. The van der Waals surface area contributed by atoms with E-state index < -0.39 is 0 Å². The number of aromatic amines is 2. The van der Waals surface area contributed by atoms with Crippen molar-refractivity contribution in [2.45, 2.75) is 103 Å². The number of H-pyrrole nitrogens is 2. The van der Waals surface area contributed by atoms with Gasteiger partial charge in [-0.15, -0.1) is 0 Å². The number of hydrogen-bond donors (Lipinski definition) is 2. The molecule has 6 atom stereocenters. The van der Waals surface area contributed by atoms with Crippen molar-refractivity contribution in [1.29, 1.82) is 0 Å². The van der Waals surface area contributed by atoms with Gasteiger partial charge in [-0.2, -0.15) is 0 Å². The fraction of sp³-hybridized carbons (Fsp3) is 0.478. The zero-order valence-electron chi connectivity index (χ0n) is 32.5. The number of nitrogens with zero attached hydrogens (tertiary/aromatic N) is 4. The highest BCUT2D eigenvalue weighted by atomic mass is 16.2. The lowest BCUT2D eigenvalue weighted by Gasteiger charge is -2.34. The molecular formula is C46H52N6O2. The molecule has 278 valence electrons. The number of fused-ring (bicyclic) bond motifs is 4. The Kier molecular flexibility index (Phi) is 8.30. The number of imidazole rings is 2. The molecule has 0 radical (unpaired) electrons. The van der Waals surface area contributed by atoms with Crippen LogP contribution in [0.4, 0.5) is 0 Å². The number of piperidine rings is 2. The van der Waals surface area contributed by atoms with Crippen molar-refractivity contribution >= 4 is 33.9 Å². The molecule has 0 spiro atoms. The lowest BCUT2D eigenvalue weighted by Crippen LogP contribution is -2.45. The zero-order valence-corrected chi connectivity index (χ0v) is 32.5. The van der Waals surface area contributed by atoms with Crippen LogP contribution in [-0.4, -0.2) is 66.7 Å². The minimum absolute atomic E-state index is 0.0387. The first-order valence-corrected chi connectivity index (χ1v) is 20.2. The Labute approximate surface area is 318 Å². The Morgan fingerprint density at radius 2 is 1.11 bits per heavy atom. The molecule has 9 rings (SSSR count). The van der Waals surface area contributed by atoms with Crippen molar-refractivity contribution in [3.63, 3.8) is 0 Å². The first-order valence-electron chi connectivity index (χ1n) is 20.2. The topological polar surface area (TPSA) is 98.0 Å². The van der Waals surface area contributed by atoms with Crippen LogP contribution in [0.25, 0.3) is 33.2 Å². The maximum absolute atomic E-state index is 13.3. The molecule has 2 N–H and O–H groups in total. The highest BCUT2D eigenvalue weighted by Crippen LogP contribution is 2.58. The van der Waals surface area contributed by atoms with Crippen LogP contribution in [0.3, 0.4) is 0 Å². The van der Waals surface area contributed by atoms with Crippen LogP contribution >= 0.6 is 0 Å². The molecule has 0 bridgehead atoms. The van der Waals surface area contributed by atoms with Crippen molar-refractivity contribution in [3.05, 3.63) is 83.4 Å². The molecule has 6 unspecified atom stereocenters. The Morgan fingerprint density at radius 3 is 1.65 bits per heavy atom. The Morgan fingerprint density at radius 1 is 0.648 bits per heavy atom. The summed E-state index contributed by atoms with van der Waals surface area (Å²) in [7, 11) is 0. The molecule has 2 saturated heterocycles. The molecule has 2 aliphatic heterocycles. The summed E-state index contributed by atoms with van der Waals surface area (Å²) in [5.41, 5.74) is 8.02. The van der Waals surface area contributed by atoms with Gasteiger partial charge in [0.25, 0.3) is 0 Å². The summed E-state index contributed by atoms with van der Waals surface area (Å²) in [6.45, 7) is 14.4. The number of hydrogen-bond acceptors (Lipinski definition) is 4. The summed E-state index contributed by atoms with van der Waals surface area (Å²) in [5.74, 6) is 10.1. The van der Waals surface area contributed by atoms with Crippen LogP contribution in [0.1, 0.15) is 103 Å². The van der Waals surface area contributed by atoms with Crippen LogP contribution in [0.5, 0.6) is 0 Å². The molecule has 8 heteroatoms. The highest BCUT2D eigenvalue weighted by Gasteiger charge is 2.64. The average molecular weight is 721 g/mol. The van der Waals surface area contributed by atoms with Gasteiger partial charge in [-0.05, 0) is 104 Å². The Bertz CT molecular complexity index is 2340. The normalized spacial score (nSPS) is 25.6. The monoisotopic (exact) mass is 720 g/mol. The number of benzene rings is 3. The van der Waals surface area contributed by atoms with E-state index >= 15 is 0 Å². The second-order valence-electron chi connectivity index (χ2n) is 17.5. The molecule has 54 heavy (non-hydrogen) atoms. The number of rotatable bonds is 7. The van der Waals surface area contributed by atoms with E-state index in [-0.39, 0.29) is 40.7 Å². The number of carbonyl (C=O) groups excluding carboxylic acids is 2. The Balaban J connectivity index is 0.884. The van der Waals surface area contributed by atoms with Gasteiger partial charge in [0.2, 0.25) is 11.8 Å². The molecule has 2 saturated carbocycles. The molecule has 3 aromatic carbocycles. The molecule has 4 fully saturated rings. The van der Waals surface area contributed by atoms with Gasteiger partial charge in [-0.25, -0.2) is 9.97 Å². The van der Waals surface area contributed by atoms with Crippen molar-refractivity contribution in [2.24, 2.45) is 23.7 Å². The van der Waals surface area contributed by atoms with Gasteiger partial charge < -0.3 is 19.8 Å². The fourth-order valence-electron chi connectivity index (χ4n) is 9.37. The second kappa shape index (κ2) is 12.9. The fourth-order valence-corrected chi connectivity index (χ4v) is 9.37. The molecule has 2 aliphatic carbocycles. The van der Waals surface area contributed by atoms with E-state index in [1.807, 2.05) is 6.07 Å². The van der Waals surface area contributed by atoms with Crippen molar-refractivity contribution < 1.29 is 9.59 Å². The number of amides is 2. The largest absolute Gasteiger partial charge is 0.341 e. The van der Waals surface area contributed by atoms with Gasteiger partial charge in [0.1, 0.15) is 11.6 Å². The summed E-state index contributed by atoms with van der Waals surface area (Å²) in [4.78, 5) is 48.3. The quantitative estimate of drug-likeness (QED) is 0.165. The predicted octanol–water partition coefficient (Wildman–Crippen LogP) is 8.36. The molecule has 5 aromatic rings. The standard InChI is InChI=1S/C46H52N6O2/c1-27(2)29(5)41(53)51-21-7-19-45(25-39(45)51)43-47-35-17-13-32(23-37(35)49-43)10-9-31-11-14-33(15-12-31)34-16-18-36-38(24-34)50-44(48-36)46-20-8-22-52(40(46)26-46)42(54)30(6)28(3)4/h11-18,23-24,27-30,39-40H,7-8,19-22,25-26H2,1-6H3,(H,47,49)(H,48,50). The number of nitrogens with one attached hydrogen (secondary N) is 2. The van der Waals surface area contributed by atoms with E-state index in [9.17, 15) is 9.59 Å². The Hall–Kier alpha value is -4.90. The van der Waals surface area contributed by atoms with E-state index in [1.165, 1.54) is 0 Å². The summed E-state index contributed by atoms with van der Waals surface area (Å²) >= 11 is 0. The first kappa shape index (κ1) is 34.8. The summed E-state index contributed by atoms with van der Waals surface area (Å²) in [5, 5.41) is 0. The predicted molar refractivity (Wildman–Crippen MR) is 214 cm³/mol. The van der Waals surface area contributed by atoms with Crippen molar-refractivity contribution in [2.75, 3.05) is 13.1 Å². The van der Waals surface area contributed by atoms with Crippen LogP contribution in [0, 0.1) is 35.5 Å². The molecule has 4 aliphatic rings. The average Bonchev–Trinajstić information content (AvgIpc) is 4.01. The number of aromatic nitrogens is 4. The van der Waals surface area contributed by atoms with Crippen LogP contribution < -0.4 is 0 Å². The van der Waals surface area contributed by atoms with E-state index in [0.29, 0.717) is 17.7 Å².